The van der Waals surface area contributed by atoms with E-state index in [1.54, 1.807) is 27.7 Å². The molecular formula is C16H36N2O4. The zero-order chi connectivity index (χ0) is 17.7. The zero-order valence-electron chi connectivity index (χ0n) is 14.7. The molecule has 0 aromatic carbocycles. The SMILES string of the molecule is CC(O)CC(C)C(CC(C)O)(CC(C)O)C(N)(N)CC(C)O. The first-order chi connectivity index (χ1) is 9.84. The molecule has 0 aliphatic carbocycles. The summed E-state index contributed by atoms with van der Waals surface area (Å²) >= 11 is 0. The molecule has 0 aliphatic rings. The van der Waals surface area contributed by atoms with Gasteiger partial charge in [-0.25, -0.2) is 0 Å². The van der Waals surface area contributed by atoms with Crippen LogP contribution in [0.1, 0.15) is 60.3 Å². The third kappa shape index (κ3) is 6.10. The molecule has 0 bridgehead atoms. The lowest BCUT2D eigenvalue weighted by Gasteiger charge is -2.52. The lowest BCUT2D eigenvalue weighted by atomic mass is 9.59. The van der Waals surface area contributed by atoms with E-state index in [1.165, 1.54) is 0 Å². The molecule has 0 aromatic rings. The molecular weight excluding hydrogens is 284 g/mol. The number of nitrogens with two attached hydrogens (primary N) is 2. The van der Waals surface area contributed by atoms with E-state index < -0.39 is 35.5 Å². The van der Waals surface area contributed by atoms with E-state index in [0.29, 0.717) is 19.3 Å². The summed E-state index contributed by atoms with van der Waals surface area (Å²) in [5.74, 6) is -0.134. The number of aliphatic hydroxyl groups excluding tert-OH is 4. The Hall–Kier alpha value is -0.240. The van der Waals surface area contributed by atoms with Crippen molar-refractivity contribution >= 4 is 0 Å². The Morgan fingerprint density at radius 2 is 1.05 bits per heavy atom. The highest BCUT2D eigenvalue weighted by molar-refractivity contribution is 5.03. The van der Waals surface area contributed by atoms with Gasteiger partial charge in [-0.3, -0.25) is 0 Å². The van der Waals surface area contributed by atoms with Crippen LogP contribution < -0.4 is 11.5 Å². The number of hydrogen-bond acceptors (Lipinski definition) is 6. The minimum atomic E-state index is -1.27. The van der Waals surface area contributed by atoms with E-state index in [0.717, 1.165) is 0 Å². The van der Waals surface area contributed by atoms with Gasteiger partial charge in [-0.15, -0.1) is 0 Å². The molecule has 0 saturated heterocycles. The summed E-state index contributed by atoms with van der Waals surface area (Å²) in [5, 5.41) is 39.4. The fourth-order valence-corrected chi connectivity index (χ4v) is 3.81. The summed E-state index contributed by atoms with van der Waals surface area (Å²) in [6, 6.07) is 0. The lowest BCUT2D eigenvalue weighted by Crippen LogP contribution is -2.67. The van der Waals surface area contributed by atoms with Gasteiger partial charge < -0.3 is 31.9 Å². The van der Waals surface area contributed by atoms with Crippen molar-refractivity contribution in [3.05, 3.63) is 0 Å². The quantitative estimate of drug-likeness (QED) is 0.321. The first-order valence-electron chi connectivity index (χ1n) is 8.14. The molecule has 0 amide bonds. The first kappa shape index (κ1) is 21.8. The van der Waals surface area contributed by atoms with Crippen LogP contribution in [-0.2, 0) is 0 Å². The molecule has 0 rings (SSSR count). The van der Waals surface area contributed by atoms with Gasteiger partial charge in [-0.2, -0.15) is 0 Å². The van der Waals surface area contributed by atoms with E-state index in [9.17, 15) is 20.4 Å². The summed E-state index contributed by atoms with van der Waals surface area (Å²) in [6.07, 6.45) is -1.36. The van der Waals surface area contributed by atoms with Crippen LogP contribution >= 0.6 is 0 Å². The third-order valence-electron chi connectivity index (χ3n) is 4.52. The largest absolute Gasteiger partial charge is 0.393 e. The molecule has 0 aromatic heterocycles. The molecule has 5 atom stereocenters. The maximum atomic E-state index is 9.96. The molecule has 0 spiro atoms. The van der Waals surface area contributed by atoms with Crippen molar-refractivity contribution < 1.29 is 20.4 Å². The Bertz CT molecular complexity index is 307. The minimum Gasteiger partial charge on any atom is -0.393 e. The molecule has 6 heteroatoms. The zero-order valence-corrected chi connectivity index (χ0v) is 14.7. The van der Waals surface area contributed by atoms with Crippen molar-refractivity contribution in [1.29, 1.82) is 0 Å². The van der Waals surface area contributed by atoms with Gasteiger partial charge in [0.25, 0.3) is 0 Å². The molecule has 0 radical (unpaired) electrons. The van der Waals surface area contributed by atoms with Crippen LogP contribution in [0, 0.1) is 11.3 Å². The highest BCUT2D eigenvalue weighted by atomic mass is 16.3. The molecule has 0 heterocycles. The van der Waals surface area contributed by atoms with Crippen LogP contribution in [-0.4, -0.2) is 50.5 Å². The van der Waals surface area contributed by atoms with Crippen molar-refractivity contribution in [2.75, 3.05) is 0 Å². The molecule has 8 N–H and O–H groups in total. The maximum absolute atomic E-state index is 9.96. The van der Waals surface area contributed by atoms with Crippen molar-refractivity contribution in [2.45, 2.75) is 90.4 Å². The molecule has 0 aliphatic heterocycles. The summed E-state index contributed by atoms with van der Waals surface area (Å²) in [7, 11) is 0. The maximum Gasteiger partial charge on any atom is 0.0723 e. The second kappa shape index (κ2) is 8.57. The third-order valence-corrected chi connectivity index (χ3v) is 4.52. The lowest BCUT2D eigenvalue weighted by molar-refractivity contribution is -0.0620. The van der Waals surface area contributed by atoms with E-state index in [2.05, 4.69) is 0 Å². The number of aliphatic hydroxyl groups is 4. The van der Waals surface area contributed by atoms with E-state index in [4.69, 9.17) is 11.5 Å². The number of hydrogen-bond donors (Lipinski definition) is 6. The van der Waals surface area contributed by atoms with E-state index >= 15 is 0 Å². The highest BCUT2D eigenvalue weighted by Crippen LogP contribution is 2.47. The Balaban J connectivity index is 5.82. The molecule has 0 saturated carbocycles. The van der Waals surface area contributed by atoms with Crippen LogP contribution in [0.4, 0.5) is 0 Å². The van der Waals surface area contributed by atoms with Gasteiger partial charge in [-0.05, 0) is 52.9 Å². The molecule has 22 heavy (non-hydrogen) atoms. The van der Waals surface area contributed by atoms with Crippen LogP contribution in [0.5, 0.6) is 0 Å². The first-order valence-corrected chi connectivity index (χ1v) is 8.14. The average molecular weight is 320 g/mol. The van der Waals surface area contributed by atoms with Crippen molar-refractivity contribution in [1.82, 2.24) is 0 Å². The Morgan fingerprint density at radius 3 is 1.32 bits per heavy atom. The topological polar surface area (TPSA) is 133 Å². The second-order valence-corrected chi connectivity index (χ2v) is 7.34. The average Bonchev–Trinajstić information content (AvgIpc) is 2.23. The number of rotatable bonds is 10. The van der Waals surface area contributed by atoms with E-state index in [1.807, 2.05) is 6.92 Å². The summed E-state index contributed by atoms with van der Waals surface area (Å²) < 4.78 is 0. The Labute approximate surface area is 134 Å². The van der Waals surface area contributed by atoms with Crippen LogP contribution in [0.15, 0.2) is 0 Å². The van der Waals surface area contributed by atoms with E-state index in [-0.39, 0.29) is 12.3 Å². The fourth-order valence-electron chi connectivity index (χ4n) is 3.81. The Kier molecular flexibility index (Phi) is 8.47. The predicted octanol–water partition coefficient (Wildman–Crippen LogP) is 0.306. The van der Waals surface area contributed by atoms with Gasteiger partial charge in [0.1, 0.15) is 0 Å². The highest BCUT2D eigenvalue weighted by Gasteiger charge is 2.51. The van der Waals surface area contributed by atoms with Gasteiger partial charge in [0, 0.05) is 11.8 Å². The molecule has 6 nitrogen and oxygen atoms in total. The van der Waals surface area contributed by atoms with Gasteiger partial charge in [0.05, 0.1) is 30.1 Å². The fraction of sp³-hybridized carbons (Fsp3) is 1.00. The van der Waals surface area contributed by atoms with Crippen LogP contribution in [0.2, 0.25) is 0 Å². The second-order valence-electron chi connectivity index (χ2n) is 7.34. The smallest absolute Gasteiger partial charge is 0.0723 e. The van der Waals surface area contributed by atoms with Crippen molar-refractivity contribution in [3.63, 3.8) is 0 Å². The van der Waals surface area contributed by atoms with Gasteiger partial charge in [-0.1, -0.05) is 6.92 Å². The van der Waals surface area contributed by atoms with Crippen LogP contribution in [0.3, 0.4) is 0 Å². The standard InChI is InChI=1S/C16H36N2O4/c1-10(6-11(2)19)15(7-12(3)20,8-13(4)21)16(17,18)9-14(5)22/h10-14,19-22H,6-9,17-18H2,1-5H3. The minimum absolute atomic E-state index is 0.134. The molecule has 5 unspecified atom stereocenters. The summed E-state index contributed by atoms with van der Waals surface area (Å²) in [4.78, 5) is 0. The molecule has 134 valence electrons. The summed E-state index contributed by atoms with van der Waals surface area (Å²) in [5.41, 5.74) is 10.7. The van der Waals surface area contributed by atoms with Gasteiger partial charge in [0.2, 0.25) is 0 Å². The van der Waals surface area contributed by atoms with Crippen molar-refractivity contribution in [2.24, 2.45) is 22.8 Å². The van der Waals surface area contributed by atoms with Gasteiger partial charge in [0.15, 0.2) is 0 Å². The van der Waals surface area contributed by atoms with Crippen LogP contribution in [0.25, 0.3) is 0 Å². The monoisotopic (exact) mass is 320 g/mol. The van der Waals surface area contributed by atoms with Crippen molar-refractivity contribution in [3.8, 4) is 0 Å². The predicted molar refractivity (Wildman–Crippen MR) is 87.9 cm³/mol. The van der Waals surface area contributed by atoms with Gasteiger partial charge >= 0.3 is 0 Å². The Morgan fingerprint density at radius 1 is 0.682 bits per heavy atom. The normalized spacial score (nSPS) is 22.5. The molecule has 0 fully saturated rings. The summed E-state index contributed by atoms with van der Waals surface area (Å²) in [6.45, 7) is 8.54.